The number of hydrogen-bond acceptors (Lipinski definition) is 2. The molecule has 1 aliphatic heterocycles. The Morgan fingerprint density at radius 2 is 2.22 bits per heavy atom. The highest BCUT2D eigenvalue weighted by Crippen LogP contribution is 2.28. The summed E-state index contributed by atoms with van der Waals surface area (Å²) in [5.74, 6) is -0.254. The van der Waals surface area contributed by atoms with E-state index in [0.29, 0.717) is 17.3 Å². The lowest BCUT2D eigenvalue weighted by Crippen LogP contribution is -2.12. The molecule has 0 spiro atoms. The summed E-state index contributed by atoms with van der Waals surface area (Å²) in [7, 11) is 0. The molecule has 3 nitrogen and oxygen atoms in total. The van der Waals surface area contributed by atoms with Crippen molar-refractivity contribution >= 4 is 15.9 Å². The highest BCUT2D eigenvalue weighted by atomic mass is 79.9. The second kappa shape index (κ2) is 4.82. The Morgan fingerprint density at radius 3 is 3.00 bits per heavy atom. The molecule has 1 aromatic carbocycles. The first-order valence-electron chi connectivity index (χ1n) is 5.98. The van der Waals surface area contributed by atoms with Crippen molar-refractivity contribution in [3.05, 3.63) is 40.2 Å². The molecule has 94 valence electrons. The van der Waals surface area contributed by atoms with Gasteiger partial charge in [-0.2, -0.15) is 5.10 Å². The van der Waals surface area contributed by atoms with Gasteiger partial charge in [0, 0.05) is 16.1 Å². The van der Waals surface area contributed by atoms with Gasteiger partial charge in [0.2, 0.25) is 0 Å². The summed E-state index contributed by atoms with van der Waals surface area (Å²) in [6, 6.07) is 7.12. The molecule has 3 rings (SSSR count). The van der Waals surface area contributed by atoms with Crippen LogP contribution >= 0.6 is 15.9 Å². The Morgan fingerprint density at radius 1 is 1.33 bits per heavy atom. The maximum atomic E-state index is 13.8. The summed E-state index contributed by atoms with van der Waals surface area (Å²) < 4.78 is 14.6. The predicted molar refractivity (Wildman–Crippen MR) is 71.7 cm³/mol. The SMILES string of the molecule is Fc1ccc(Br)cc1-c1cc(C2CCCN2)[nH]n1. The molecule has 1 saturated heterocycles. The minimum Gasteiger partial charge on any atom is -0.309 e. The van der Waals surface area contributed by atoms with Crippen molar-refractivity contribution < 1.29 is 4.39 Å². The summed E-state index contributed by atoms with van der Waals surface area (Å²) in [5, 5.41) is 10.6. The fourth-order valence-corrected chi connectivity index (χ4v) is 2.66. The highest BCUT2D eigenvalue weighted by molar-refractivity contribution is 9.10. The van der Waals surface area contributed by atoms with Crippen molar-refractivity contribution in [2.75, 3.05) is 6.54 Å². The molecule has 1 aliphatic rings. The third-order valence-electron chi connectivity index (χ3n) is 3.24. The number of hydrogen-bond donors (Lipinski definition) is 2. The molecule has 2 heterocycles. The molecule has 0 saturated carbocycles. The molecule has 0 amide bonds. The molecular weight excluding hydrogens is 297 g/mol. The van der Waals surface area contributed by atoms with Crippen LogP contribution in [0.3, 0.4) is 0 Å². The number of benzene rings is 1. The van der Waals surface area contributed by atoms with E-state index in [4.69, 9.17) is 0 Å². The molecule has 0 radical (unpaired) electrons. The second-order valence-electron chi connectivity index (χ2n) is 4.48. The summed E-state index contributed by atoms with van der Waals surface area (Å²) >= 11 is 3.35. The third kappa shape index (κ3) is 2.20. The van der Waals surface area contributed by atoms with Gasteiger partial charge in [0.05, 0.1) is 11.4 Å². The standard InChI is InChI=1S/C13H13BrFN3/c14-8-3-4-10(15)9(6-8)12-7-13(18-17-12)11-2-1-5-16-11/h3-4,6-7,11,16H,1-2,5H2,(H,17,18). The summed E-state index contributed by atoms with van der Waals surface area (Å²) in [4.78, 5) is 0. The van der Waals surface area contributed by atoms with E-state index in [1.807, 2.05) is 6.07 Å². The highest BCUT2D eigenvalue weighted by Gasteiger charge is 2.19. The van der Waals surface area contributed by atoms with Crippen LogP contribution in [0.2, 0.25) is 0 Å². The molecular formula is C13H13BrFN3. The van der Waals surface area contributed by atoms with Gasteiger partial charge in [0.1, 0.15) is 5.82 Å². The Balaban J connectivity index is 1.94. The first-order chi connectivity index (χ1) is 8.74. The van der Waals surface area contributed by atoms with Gasteiger partial charge >= 0.3 is 0 Å². The van der Waals surface area contributed by atoms with E-state index >= 15 is 0 Å². The van der Waals surface area contributed by atoms with E-state index < -0.39 is 0 Å². The van der Waals surface area contributed by atoms with E-state index in [2.05, 4.69) is 31.4 Å². The minimum atomic E-state index is -0.254. The van der Waals surface area contributed by atoms with Gasteiger partial charge in [-0.05, 0) is 43.7 Å². The topological polar surface area (TPSA) is 40.7 Å². The predicted octanol–water partition coefficient (Wildman–Crippen LogP) is 3.40. The van der Waals surface area contributed by atoms with Crippen LogP contribution in [-0.4, -0.2) is 16.7 Å². The quantitative estimate of drug-likeness (QED) is 0.892. The van der Waals surface area contributed by atoms with Gasteiger partial charge in [-0.15, -0.1) is 0 Å². The second-order valence-corrected chi connectivity index (χ2v) is 5.40. The largest absolute Gasteiger partial charge is 0.309 e. The van der Waals surface area contributed by atoms with E-state index in [1.54, 1.807) is 12.1 Å². The normalized spacial score (nSPS) is 19.3. The van der Waals surface area contributed by atoms with Crippen LogP contribution in [0.1, 0.15) is 24.6 Å². The maximum Gasteiger partial charge on any atom is 0.132 e. The number of halogens is 2. The van der Waals surface area contributed by atoms with E-state index in [0.717, 1.165) is 23.1 Å². The summed E-state index contributed by atoms with van der Waals surface area (Å²) in [6.07, 6.45) is 2.27. The Bertz CT molecular complexity index is 561. The summed E-state index contributed by atoms with van der Waals surface area (Å²) in [6.45, 7) is 1.03. The van der Waals surface area contributed by atoms with E-state index in [9.17, 15) is 4.39 Å². The Labute approximate surface area is 113 Å². The van der Waals surface area contributed by atoms with Crippen molar-refractivity contribution in [1.29, 1.82) is 0 Å². The molecule has 5 heteroatoms. The average molecular weight is 310 g/mol. The zero-order valence-electron chi connectivity index (χ0n) is 9.71. The monoisotopic (exact) mass is 309 g/mol. The van der Waals surface area contributed by atoms with Crippen LogP contribution < -0.4 is 5.32 Å². The van der Waals surface area contributed by atoms with Gasteiger partial charge < -0.3 is 5.32 Å². The zero-order valence-corrected chi connectivity index (χ0v) is 11.3. The number of nitrogens with zero attached hydrogens (tertiary/aromatic N) is 1. The molecule has 0 bridgehead atoms. The molecule has 1 fully saturated rings. The lowest BCUT2D eigenvalue weighted by atomic mass is 10.1. The van der Waals surface area contributed by atoms with E-state index in [-0.39, 0.29) is 5.82 Å². The molecule has 1 atom stereocenters. The Kier molecular flexibility index (Phi) is 3.18. The molecule has 18 heavy (non-hydrogen) atoms. The van der Waals surface area contributed by atoms with Gasteiger partial charge in [0.15, 0.2) is 0 Å². The van der Waals surface area contributed by atoms with Gasteiger partial charge in [-0.25, -0.2) is 4.39 Å². The number of nitrogens with one attached hydrogen (secondary N) is 2. The first-order valence-corrected chi connectivity index (χ1v) is 6.77. The van der Waals surface area contributed by atoms with Crippen molar-refractivity contribution in [1.82, 2.24) is 15.5 Å². The van der Waals surface area contributed by atoms with Crippen LogP contribution in [0.5, 0.6) is 0 Å². The van der Waals surface area contributed by atoms with Crippen molar-refractivity contribution in [2.24, 2.45) is 0 Å². The smallest absolute Gasteiger partial charge is 0.132 e. The summed E-state index contributed by atoms with van der Waals surface area (Å²) in [5.41, 5.74) is 2.20. The minimum absolute atomic E-state index is 0.254. The van der Waals surface area contributed by atoms with Crippen LogP contribution in [0.25, 0.3) is 11.3 Å². The van der Waals surface area contributed by atoms with Gasteiger partial charge in [-0.3, -0.25) is 5.10 Å². The molecule has 0 aliphatic carbocycles. The molecule has 1 aromatic heterocycles. The fraction of sp³-hybridized carbons (Fsp3) is 0.308. The van der Waals surface area contributed by atoms with E-state index in [1.165, 1.54) is 12.5 Å². The first kappa shape index (κ1) is 11.9. The van der Waals surface area contributed by atoms with Crippen LogP contribution in [0, 0.1) is 5.82 Å². The zero-order chi connectivity index (χ0) is 12.5. The lowest BCUT2D eigenvalue weighted by molar-refractivity contribution is 0.625. The lowest BCUT2D eigenvalue weighted by Gasteiger charge is -2.05. The van der Waals surface area contributed by atoms with Gasteiger partial charge in [-0.1, -0.05) is 15.9 Å². The Hall–Kier alpha value is -1.20. The molecule has 1 unspecified atom stereocenters. The number of H-pyrrole nitrogens is 1. The number of rotatable bonds is 2. The van der Waals surface area contributed by atoms with Crippen LogP contribution in [0.4, 0.5) is 4.39 Å². The number of aromatic nitrogens is 2. The maximum absolute atomic E-state index is 13.8. The number of aromatic amines is 1. The average Bonchev–Trinajstić information content (AvgIpc) is 3.00. The van der Waals surface area contributed by atoms with Crippen LogP contribution in [-0.2, 0) is 0 Å². The molecule has 2 aromatic rings. The third-order valence-corrected chi connectivity index (χ3v) is 3.73. The van der Waals surface area contributed by atoms with Crippen molar-refractivity contribution in [2.45, 2.75) is 18.9 Å². The van der Waals surface area contributed by atoms with Crippen LogP contribution in [0.15, 0.2) is 28.7 Å². The fourth-order valence-electron chi connectivity index (χ4n) is 2.30. The van der Waals surface area contributed by atoms with Crippen molar-refractivity contribution in [3.8, 4) is 11.3 Å². The molecule has 2 N–H and O–H groups in total. The van der Waals surface area contributed by atoms with Crippen molar-refractivity contribution in [3.63, 3.8) is 0 Å². The van der Waals surface area contributed by atoms with Gasteiger partial charge in [0.25, 0.3) is 0 Å².